The van der Waals surface area contributed by atoms with E-state index in [0.717, 1.165) is 6.42 Å². The molecule has 0 saturated heterocycles. The lowest BCUT2D eigenvalue weighted by Gasteiger charge is -2.35. The van der Waals surface area contributed by atoms with Gasteiger partial charge in [-0.3, -0.25) is 4.79 Å². The van der Waals surface area contributed by atoms with Crippen molar-refractivity contribution < 1.29 is 42.1 Å². The van der Waals surface area contributed by atoms with Crippen LogP contribution >= 0.6 is 11.6 Å². The number of hydrogen-bond donors (Lipinski definition) is 3. The van der Waals surface area contributed by atoms with Crippen LogP contribution in [0, 0.1) is 5.92 Å². The van der Waals surface area contributed by atoms with Gasteiger partial charge in [0.25, 0.3) is 5.91 Å². The zero-order chi connectivity index (χ0) is 36.7. The summed E-state index contributed by atoms with van der Waals surface area (Å²) in [6.07, 6.45) is 1.34. The minimum Gasteiger partial charge on any atom is -0.490 e. The number of aliphatic hydroxyl groups is 1. The second-order valence-electron chi connectivity index (χ2n) is 12.9. The van der Waals surface area contributed by atoms with Crippen molar-refractivity contribution in [2.24, 2.45) is 5.92 Å². The Morgan fingerprint density at radius 2 is 1.67 bits per heavy atom. The van der Waals surface area contributed by atoms with Crippen LogP contribution in [-0.2, 0) is 14.8 Å². The summed E-state index contributed by atoms with van der Waals surface area (Å²) in [5.74, 6) is 0.666. The van der Waals surface area contributed by atoms with Crippen molar-refractivity contribution in [3.8, 4) is 17.2 Å². The van der Waals surface area contributed by atoms with Gasteiger partial charge >= 0.3 is 6.03 Å². The maximum Gasteiger partial charge on any atom is 0.323 e. The van der Waals surface area contributed by atoms with Gasteiger partial charge in [0.1, 0.15) is 5.75 Å². The quantitative estimate of drug-likeness (QED) is 0.258. The van der Waals surface area contributed by atoms with Crippen LogP contribution in [0.2, 0.25) is 5.02 Å². The predicted octanol–water partition coefficient (Wildman–Crippen LogP) is 5.83. The number of likely N-dealkylation sites (N-methyl/N-ethyl adjacent to an activating group) is 1. The molecule has 2 aliphatic heterocycles. The van der Waals surface area contributed by atoms with E-state index in [9.17, 15) is 23.1 Å². The Labute approximate surface area is 303 Å². The number of carbonyl (C=O) groups excluding carboxylic acids is 2. The number of benzene rings is 3. The lowest BCUT2D eigenvalue weighted by Crippen LogP contribution is -2.48. The van der Waals surface area contributed by atoms with Crippen LogP contribution < -0.4 is 24.8 Å². The second-order valence-corrected chi connectivity index (χ2v) is 15.4. The third-order valence-corrected chi connectivity index (χ3v) is 11.0. The summed E-state index contributed by atoms with van der Waals surface area (Å²) in [6, 6.07) is 14.7. The maximum absolute atomic E-state index is 14.4. The monoisotopic (exact) mass is 744 g/mol. The number of sulfonamides is 1. The van der Waals surface area contributed by atoms with E-state index in [0.29, 0.717) is 53.1 Å². The molecule has 0 spiro atoms. The molecule has 13 nitrogen and oxygen atoms in total. The van der Waals surface area contributed by atoms with Crippen LogP contribution in [0.25, 0.3) is 0 Å². The van der Waals surface area contributed by atoms with Crippen molar-refractivity contribution in [2.75, 3.05) is 50.8 Å². The molecule has 0 fully saturated rings. The van der Waals surface area contributed by atoms with E-state index < -0.39 is 34.1 Å². The smallest absolute Gasteiger partial charge is 0.323 e. The molecule has 3 aromatic carbocycles. The fraction of sp³-hybridized carbons (Fsp3) is 0.444. The van der Waals surface area contributed by atoms with Gasteiger partial charge in [0.15, 0.2) is 11.5 Å². The highest BCUT2D eigenvalue weighted by Crippen LogP contribution is 2.34. The summed E-state index contributed by atoms with van der Waals surface area (Å²) in [6.45, 7) is 5.88. The van der Waals surface area contributed by atoms with Crippen molar-refractivity contribution in [1.29, 1.82) is 0 Å². The highest BCUT2D eigenvalue weighted by atomic mass is 35.5. The Morgan fingerprint density at radius 1 is 1.00 bits per heavy atom. The largest absolute Gasteiger partial charge is 0.490 e. The SMILES string of the molecule is C[C@@H]1CCCCO[C@@H](CN(C)S(=O)(=O)c2ccc(Cl)cc2)[C@H](C)CN([C@@H](C)CO)C(=O)c2cc(NC(=O)Nc3ccc4c(c3)OCO4)ccc2O1. The number of aliphatic hydroxyl groups excluding tert-OH is 1. The summed E-state index contributed by atoms with van der Waals surface area (Å²) in [7, 11) is -2.37. The van der Waals surface area contributed by atoms with E-state index in [-0.39, 0.29) is 49.0 Å². The molecule has 0 unspecified atom stereocenters. The first-order valence-corrected chi connectivity index (χ1v) is 18.7. The van der Waals surface area contributed by atoms with Gasteiger partial charge in [0.05, 0.1) is 35.3 Å². The third kappa shape index (κ3) is 9.63. The zero-order valence-corrected chi connectivity index (χ0v) is 30.7. The molecule has 5 rings (SSSR count). The number of rotatable bonds is 8. The summed E-state index contributed by atoms with van der Waals surface area (Å²) in [5.41, 5.74) is 1.04. The molecular weight excluding hydrogens is 700 g/mol. The first kappa shape index (κ1) is 38.2. The van der Waals surface area contributed by atoms with E-state index >= 15 is 0 Å². The molecule has 3 amide bonds. The molecule has 0 radical (unpaired) electrons. The molecule has 4 atom stereocenters. The van der Waals surface area contributed by atoms with Crippen LogP contribution in [0.4, 0.5) is 16.2 Å². The Morgan fingerprint density at radius 3 is 2.37 bits per heavy atom. The zero-order valence-electron chi connectivity index (χ0n) is 29.1. The van der Waals surface area contributed by atoms with E-state index in [1.165, 1.54) is 40.5 Å². The van der Waals surface area contributed by atoms with Gasteiger partial charge in [-0.15, -0.1) is 0 Å². The number of hydrogen-bond acceptors (Lipinski definition) is 9. The number of nitrogens with zero attached hydrogens (tertiary/aromatic N) is 2. The molecule has 0 bridgehead atoms. The summed E-state index contributed by atoms with van der Waals surface area (Å²) in [5, 5.41) is 16.2. The van der Waals surface area contributed by atoms with Gasteiger partial charge < -0.3 is 39.6 Å². The number of urea groups is 1. The first-order chi connectivity index (χ1) is 24.3. The number of anilines is 2. The number of nitrogens with one attached hydrogen (secondary N) is 2. The van der Waals surface area contributed by atoms with Gasteiger partial charge in [-0.2, -0.15) is 4.31 Å². The van der Waals surface area contributed by atoms with Crippen LogP contribution in [0.1, 0.15) is 50.4 Å². The van der Waals surface area contributed by atoms with E-state index in [1.54, 1.807) is 43.3 Å². The van der Waals surface area contributed by atoms with E-state index in [2.05, 4.69) is 10.6 Å². The lowest BCUT2D eigenvalue weighted by atomic mass is 10.0. The average Bonchev–Trinajstić information content (AvgIpc) is 3.57. The van der Waals surface area contributed by atoms with Crippen LogP contribution in [0.5, 0.6) is 17.2 Å². The first-order valence-electron chi connectivity index (χ1n) is 16.9. The van der Waals surface area contributed by atoms with Crippen LogP contribution in [0.15, 0.2) is 65.6 Å². The fourth-order valence-corrected chi connectivity index (χ4v) is 7.18. The van der Waals surface area contributed by atoms with Gasteiger partial charge in [0, 0.05) is 55.1 Å². The summed E-state index contributed by atoms with van der Waals surface area (Å²) >= 11 is 5.99. The Balaban J connectivity index is 1.39. The van der Waals surface area contributed by atoms with Gasteiger partial charge in [0.2, 0.25) is 16.8 Å². The highest BCUT2D eigenvalue weighted by molar-refractivity contribution is 7.89. The van der Waals surface area contributed by atoms with Crippen LogP contribution in [-0.4, -0.2) is 93.1 Å². The Bertz CT molecular complexity index is 1790. The Hall–Kier alpha value is -4.08. The maximum atomic E-state index is 14.4. The number of ether oxygens (including phenoxy) is 4. The lowest BCUT2D eigenvalue weighted by molar-refractivity contribution is -0.00833. The molecule has 3 N–H and O–H groups in total. The number of fused-ring (bicyclic) bond motifs is 2. The molecule has 3 aromatic rings. The van der Waals surface area contributed by atoms with E-state index in [4.69, 9.17) is 30.5 Å². The third-order valence-electron chi connectivity index (χ3n) is 8.90. The van der Waals surface area contributed by atoms with Crippen LogP contribution in [0.3, 0.4) is 0 Å². The topological polar surface area (TPSA) is 156 Å². The number of halogens is 1. The van der Waals surface area contributed by atoms with Crippen molar-refractivity contribution in [1.82, 2.24) is 9.21 Å². The van der Waals surface area contributed by atoms with Gasteiger partial charge in [-0.05, 0) is 87.7 Å². The molecule has 51 heavy (non-hydrogen) atoms. The summed E-state index contributed by atoms with van der Waals surface area (Å²) in [4.78, 5) is 29.1. The van der Waals surface area contributed by atoms with Crippen molar-refractivity contribution >= 4 is 44.9 Å². The minimum absolute atomic E-state index is 0.0321. The molecule has 0 saturated carbocycles. The van der Waals surface area contributed by atoms with Gasteiger partial charge in [-0.25, -0.2) is 13.2 Å². The van der Waals surface area contributed by atoms with Gasteiger partial charge in [-0.1, -0.05) is 18.5 Å². The molecular formula is C36H45ClN4O9S. The fourth-order valence-electron chi connectivity index (χ4n) is 5.87. The molecule has 276 valence electrons. The highest BCUT2D eigenvalue weighted by Gasteiger charge is 2.32. The van der Waals surface area contributed by atoms with Crippen molar-refractivity contribution in [2.45, 2.75) is 63.2 Å². The van der Waals surface area contributed by atoms with Crippen molar-refractivity contribution in [3.05, 3.63) is 71.2 Å². The number of carbonyl (C=O) groups is 2. The minimum atomic E-state index is -3.86. The average molecular weight is 745 g/mol. The Kier molecular flexibility index (Phi) is 12.7. The number of amides is 3. The van der Waals surface area contributed by atoms with E-state index in [1.807, 2.05) is 13.8 Å². The molecule has 2 aliphatic rings. The second kappa shape index (κ2) is 17.0. The molecule has 15 heteroatoms. The normalized spacial score (nSPS) is 20.6. The summed E-state index contributed by atoms with van der Waals surface area (Å²) < 4.78 is 51.5. The molecule has 2 heterocycles. The predicted molar refractivity (Wildman–Crippen MR) is 193 cm³/mol. The molecule has 0 aromatic heterocycles. The molecule has 0 aliphatic carbocycles. The van der Waals surface area contributed by atoms with Crippen molar-refractivity contribution in [3.63, 3.8) is 0 Å². The standard InChI is InChI=1S/C36H45ClN4O9S/c1-23-19-41(24(2)21-42)35(43)30-17-27(38-36(44)39-28-11-15-32-33(18-28)49-22-48-32)10-14-31(30)50-25(3)7-5-6-16-47-34(23)20-40(4)51(45,46)29-12-8-26(37)9-13-29/h8-15,17-18,23-25,34,42H,5-7,16,19-22H2,1-4H3,(H2,38,39,44)/t23-,24+,25-,34+/m1/s1.